The second-order valence-corrected chi connectivity index (χ2v) is 5.18. The lowest BCUT2D eigenvalue weighted by Crippen LogP contribution is -2.40. The standard InChI is InChI=1S/C14H16ClNO4/c15-11-5-3-9(4-6-11)12(14(18)19)16-13(17)10-2-1-7-20-8-10/h3-6,10,12H,1-2,7-8H2,(H,16,17)(H,18,19). The van der Waals surface area contributed by atoms with Gasteiger partial charge < -0.3 is 15.2 Å². The molecule has 2 unspecified atom stereocenters. The van der Waals surface area contributed by atoms with Crippen LogP contribution in [0.15, 0.2) is 24.3 Å². The highest BCUT2D eigenvalue weighted by Crippen LogP contribution is 2.19. The van der Waals surface area contributed by atoms with Crippen molar-refractivity contribution in [2.45, 2.75) is 18.9 Å². The van der Waals surface area contributed by atoms with Crippen LogP contribution in [0.5, 0.6) is 0 Å². The molecule has 1 aromatic carbocycles. The molecule has 1 amide bonds. The van der Waals surface area contributed by atoms with Crippen molar-refractivity contribution in [2.24, 2.45) is 5.92 Å². The van der Waals surface area contributed by atoms with Gasteiger partial charge in [-0.3, -0.25) is 4.79 Å². The number of nitrogens with one attached hydrogen (secondary N) is 1. The highest BCUT2D eigenvalue weighted by atomic mass is 35.5. The Hall–Kier alpha value is -1.59. The van der Waals surface area contributed by atoms with Crippen molar-refractivity contribution in [2.75, 3.05) is 13.2 Å². The first-order chi connectivity index (χ1) is 9.58. The first kappa shape index (κ1) is 14.8. The molecule has 0 spiro atoms. The van der Waals surface area contributed by atoms with Gasteiger partial charge >= 0.3 is 5.97 Å². The average Bonchev–Trinajstić information content (AvgIpc) is 2.46. The SMILES string of the molecule is O=C(NC(C(=O)O)c1ccc(Cl)cc1)C1CCCOC1. The fourth-order valence-corrected chi connectivity index (χ4v) is 2.28. The van der Waals surface area contributed by atoms with Gasteiger partial charge in [-0.1, -0.05) is 23.7 Å². The highest BCUT2D eigenvalue weighted by Gasteiger charge is 2.27. The van der Waals surface area contributed by atoms with Gasteiger partial charge in [0.1, 0.15) is 0 Å². The Kier molecular flexibility index (Phi) is 4.98. The zero-order chi connectivity index (χ0) is 14.5. The predicted octanol–water partition coefficient (Wildman–Crippen LogP) is 2.01. The van der Waals surface area contributed by atoms with E-state index in [0.29, 0.717) is 23.8 Å². The molecule has 0 aliphatic carbocycles. The third kappa shape index (κ3) is 3.71. The molecule has 1 heterocycles. The molecule has 5 nitrogen and oxygen atoms in total. The van der Waals surface area contributed by atoms with Crippen molar-refractivity contribution >= 4 is 23.5 Å². The fourth-order valence-electron chi connectivity index (χ4n) is 2.15. The number of benzene rings is 1. The molecule has 108 valence electrons. The molecular formula is C14H16ClNO4. The van der Waals surface area contributed by atoms with Crippen molar-refractivity contribution in [3.63, 3.8) is 0 Å². The largest absolute Gasteiger partial charge is 0.479 e. The Morgan fingerprint density at radius 2 is 2.05 bits per heavy atom. The quantitative estimate of drug-likeness (QED) is 0.891. The molecule has 1 aliphatic heterocycles. The van der Waals surface area contributed by atoms with Crippen LogP contribution in [0.4, 0.5) is 0 Å². The first-order valence-corrected chi connectivity index (χ1v) is 6.82. The molecule has 0 saturated carbocycles. The molecule has 20 heavy (non-hydrogen) atoms. The summed E-state index contributed by atoms with van der Waals surface area (Å²) in [5, 5.41) is 12.3. The highest BCUT2D eigenvalue weighted by molar-refractivity contribution is 6.30. The number of aliphatic carboxylic acids is 1. The van der Waals surface area contributed by atoms with E-state index in [1.54, 1.807) is 24.3 Å². The molecule has 0 aromatic heterocycles. The van der Waals surface area contributed by atoms with Gasteiger partial charge in [0.2, 0.25) is 5.91 Å². The Bertz CT molecular complexity index is 482. The minimum Gasteiger partial charge on any atom is -0.479 e. The third-order valence-corrected chi connectivity index (χ3v) is 3.52. The van der Waals surface area contributed by atoms with Gasteiger partial charge in [-0.25, -0.2) is 4.79 Å². The van der Waals surface area contributed by atoms with Gasteiger partial charge in [-0.2, -0.15) is 0 Å². The van der Waals surface area contributed by atoms with Crippen LogP contribution in [0.1, 0.15) is 24.4 Å². The minimum absolute atomic E-state index is 0.280. The molecule has 1 fully saturated rings. The molecular weight excluding hydrogens is 282 g/mol. The lowest BCUT2D eigenvalue weighted by atomic mass is 10.00. The summed E-state index contributed by atoms with van der Waals surface area (Å²) in [7, 11) is 0. The Labute approximate surface area is 121 Å². The number of rotatable bonds is 4. The van der Waals surface area contributed by atoms with Gasteiger partial charge in [0, 0.05) is 11.6 Å². The Balaban J connectivity index is 2.07. The van der Waals surface area contributed by atoms with Gasteiger partial charge in [0.15, 0.2) is 6.04 Å². The summed E-state index contributed by atoms with van der Waals surface area (Å²) in [6.07, 6.45) is 1.54. The number of carbonyl (C=O) groups excluding carboxylic acids is 1. The number of carbonyl (C=O) groups is 2. The molecule has 0 bridgehead atoms. The second-order valence-electron chi connectivity index (χ2n) is 4.75. The number of hydrogen-bond acceptors (Lipinski definition) is 3. The van der Waals surface area contributed by atoms with Gasteiger partial charge in [-0.15, -0.1) is 0 Å². The summed E-state index contributed by atoms with van der Waals surface area (Å²) >= 11 is 5.77. The van der Waals surface area contributed by atoms with E-state index in [1.165, 1.54) is 0 Å². The van der Waals surface area contributed by atoms with Crippen molar-refractivity contribution in [1.82, 2.24) is 5.32 Å². The smallest absolute Gasteiger partial charge is 0.330 e. The van der Waals surface area contributed by atoms with Gasteiger partial charge in [-0.05, 0) is 30.5 Å². The Morgan fingerprint density at radius 3 is 2.60 bits per heavy atom. The first-order valence-electron chi connectivity index (χ1n) is 6.44. The summed E-state index contributed by atoms with van der Waals surface area (Å²) in [6, 6.07) is 5.32. The zero-order valence-electron chi connectivity index (χ0n) is 10.8. The zero-order valence-corrected chi connectivity index (χ0v) is 11.6. The maximum Gasteiger partial charge on any atom is 0.330 e. The average molecular weight is 298 g/mol. The van der Waals surface area contributed by atoms with Crippen molar-refractivity contribution in [1.29, 1.82) is 0 Å². The van der Waals surface area contributed by atoms with E-state index in [9.17, 15) is 14.7 Å². The summed E-state index contributed by atoms with van der Waals surface area (Å²) in [6.45, 7) is 1.00. The number of hydrogen-bond donors (Lipinski definition) is 2. The number of carboxylic acid groups (broad SMARTS) is 1. The number of halogens is 1. The van der Waals surface area contributed by atoms with E-state index in [4.69, 9.17) is 16.3 Å². The van der Waals surface area contributed by atoms with Crippen LogP contribution >= 0.6 is 11.6 Å². The minimum atomic E-state index is -1.10. The van der Waals surface area contributed by atoms with Crippen LogP contribution in [0.25, 0.3) is 0 Å². The van der Waals surface area contributed by atoms with E-state index in [0.717, 1.165) is 12.8 Å². The fraction of sp³-hybridized carbons (Fsp3) is 0.429. The summed E-state index contributed by atoms with van der Waals surface area (Å²) in [5.41, 5.74) is 0.493. The molecule has 2 rings (SSSR count). The summed E-state index contributed by atoms with van der Waals surface area (Å²) in [4.78, 5) is 23.4. The number of ether oxygens (including phenoxy) is 1. The molecule has 6 heteroatoms. The molecule has 2 atom stereocenters. The van der Waals surface area contributed by atoms with Crippen LogP contribution in [0, 0.1) is 5.92 Å². The van der Waals surface area contributed by atoms with Gasteiger partial charge in [0.05, 0.1) is 12.5 Å². The maximum atomic E-state index is 12.1. The number of amides is 1. The third-order valence-electron chi connectivity index (χ3n) is 3.27. The van der Waals surface area contributed by atoms with Crippen LogP contribution in [-0.2, 0) is 14.3 Å². The van der Waals surface area contributed by atoms with Crippen molar-refractivity contribution in [3.05, 3.63) is 34.9 Å². The predicted molar refractivity (Wildman–Crippen MR) is 73.5 cm³/mol. The monoisotopic (exact) mass is 297 g/mol. The summed E-state index contributed by atoms with van der Waals surface area (Å²) in [5.74, 6) is -1.66. The van der Waals surface area contributed by atoms with E-state index in [2.05, 4.69) is 5.32 Å². The molecule has 2 N–H and O–H groups in total. The van der Waals surface area contributed by atoms with Crippen LogP contribution in [0.3, 0.4) is 0 Å². The van der Waals surface area contributed by atoms with E-state index < -0.39 is 12.0 Å². The topological polar surface area (TPSA) is 75.6 Å². The lowest BCUT2D eigenvalue weighted by Gasteiger charge is -2.23. The van der Waals surface area contributed by atoms with Crippen LogP contribution in [-0.4, -0.2) is 30.2 Å². The molecule has 1 saturated heterocycles. The maximum absolute atomic E-state index is 12.1. The van der Waals surface area contributed by atoms with Crippen LogP contribution in [0.2, 0.25) is 5.02 Å². The van der Waals surface area contributed by atoms with E-state index >= 15 is 0 Å². The summed E-state index contributed by atoms with van der Waals surface area (Å²) < 4.78 is 5.24. The molecule has 0 radical (unpaired) electrons. The van der Waals surface area contributed by atoms with Crippen molar-refractivity contribution in [3.8, 4) is 0 Å². The Morgan fingerprint density at radius 1 is 1.35 bits per heavy atom. The molecule has 1 aromatic rings. The lowest BCUT2D eigenvalue weighted by molar-refractivity contribution is -0.143. The molecule has 1 aliphatic rings. The van der Waals surface area contributed by atoms with Crippen molar-refractivity contribution < 1.29 is 19.4 Å². The van der Waals surface area contributed by atoms with E-state index in [1.807, 2.05) is 0 Å². The normalized spacial score (nSPS) is 20.1. The second kappa shape index (κ2) is 6.72. The van der Waals surface area contributed by atoms with E-state index in [-0.39, 0.29) is 11.8 Å². The van der Waals surface area contributed by atoms with Gasteiger partial charge in [0.25, 0.3) is 0 Å². The number of carboxylic acids is 1. The van der Waals surface area contributed by atoms with Crippen LogP contribution < -0.4 is 5.32 Å².